The quantitative estimate of drug-likeness (QED) is 0.373. The van der Waals surface area contributed by atoms with E-state index in [1.807, 2.05) is 0 Å². The van der Waals surface area contributed by atoms with Gasteiger partial charge in [0.1, 0.15) is 0 Å². The van der Waals surface area contributed by atoms with Crippen molar-refractivity contribution >= 4 is 0 Å². The summed E-state index contributed by atoms with van der Waals surface area (Å²) in [6, 6.07) is 0. The van der Waals surface area contributed by atoms with Crippen molar-refractivity contribution in [1.82, 2.24) is 5.01 Å². The van der Waals surface area contributed by atoms with Crippen LogP contribution in [0.1, 0.15) is 0 Å². The Balaban J connectivity index is 2.75. The number of rotatable bonds is 2. The topological polar surface area (TPSA) is 29.3 Å². The van der Waals surface area contributed by atoms with Crippen LogP contribution < -0.4 is 5.84 Å². The van der Waals surface area contributed by atoms with Crippen molar-refractivity contribution in [1.29, 1.82) is 0 Å². The first-order valence-corrected chi connectivity index (χ1v) is 1.89. The van der Waals surface area contributed by atoms with E-state index >= 15 is 0 Å². The summed E-state index contributed by atoms with van der Waals surface area (Å²) in [6.07, 6.45) is 0. The van der Waals surface area contributed by atoms with Crippen LogP contribution in [0, 0.1) is 13.8 Å². The molecule has 0 aromatic rings. The second-order valence-electron chi connectivity index (χ2n) is 1.04. The molecule has 0 fully saturated rings. The predicted octanol–water partition coefficient (Wildman–Crippen LogP) is -0.170. The molecule has 0 amide bonds. The molecule has 0 aliphatic heterocycles. The fourth-order valence-electron chi connectivity index (χ4n) is 0.112. The Morgan fingerprint density at radius 1 is 1.33 bits per heavy atom. The highest BCUT2D eigenvalue weighted by atomic mass is 15.4. The van der Waals surface area contributed by atoms with Crippen molar-refractivity contribution < 1.29 is 0 Å². The van der Waals surface area contributed by atoms with Crippen LogP contribution >= 0.6 is 0 Å². The number of hydrazine groups is 1. The van der Waals surface area contributed by atoms with Crippen LogP contribution in [0.4, 0.5) is 0 Å². The van der Waals surface area contributed by atoms with E-state index in [2.05, 4.69) is 13.8 Å². The molecule has 0 aliphatic carbocycles. The Morgan fingerprint density at radius 2 is 1.67 bits per heavy atom. The van der Waals surface area contributed by atoms with Crippen molar-refractivity contribution in [3.05, 3.63) is 13.8 Å². The molecule has 36 valence electrons. The predicted molar refractivity (Wildman–Crippen MR) is 26.5 cm³/mol. The van der Waals surface area contributed by atoms with E-state index in [4.69, 9.17) is 5.84 Å². The molecule has 0 saturated carbocycles. The summed E-state index contributed by atoms with van der Waals surface area (Å²) >= 11 is 0. The lowest BCUT2D eigenvalue weighted by atomic mass is 10.6. The van der Waals surface area contributed by atoms with Crippen LogP contribution in [-0.2, 0) is 0 Å². The van der Waals surface area contributed by atoms with Gasteiger partial charge in [-0.15, -0.1) is 0 Å². The average Bonchev–Trinajstić information content (AvgIpc) is 1.65. The number of nitrogens with two attached hydrogens (primary N) is 1. The van der Waals surface area contributed by atoms with E-state index in [0.717, 1.165) is 0 Å². The first-order chi connectivity index (χ1) is 2.81. The van der Waals surface area contributed by atoms with Gasteiger partial charge in [-0.1, -0.05) is 0 Å². The van der Waals surface area contributed by atoms with Gasteiger partial charge >= 0.3 is 0 Å². The lowest BCUT2D eigenvalue weighted by Crippen LogP contribution is -2.30. The molecule has 0 aromatic heterocycles. The molecule has 0 saturated heterocycles. The summed E-state index contributed by atoms with van der Waals surface area (Å²) in [5, 5.41) is 1.53. The highest BCUT2D eigenvalue weighted by Gasteiger charge is 1.82. The molecule has 0 heterocycles. The van der Waals surface area contributed by atoms with Gasteiger partial charge in [0.25, 0.3) is 0 Å². The minimum absolute atomic E-state index is 0.628. The zero-order chi connectivity index (χ0) is 4.99. The van der Waals surface area contributed by atoms with Crippen LogP contribution in [0.25, 0.3) is 0 Å². The summed E-state index contributed by atoms with van der Waals surface area (Å²) in [4.78, 5) is 0. The minimum Gasteiger partial charge on any atom is -0.269 e. The maximum absolute atomic E-state index is 5.18. The molecule has 0 unspecified atom stereocenters. The third-order valence-electron chi connectivity index (χ3n) is 0.574. The highest BCUT2D eigenvalue weighted by Crippen LogP contribution is 1.67. The van der Waals surface area contributed by atoms with E-state index in [0.29, 0.717) is 13.1 Å². The Bertz CT molecular complexity index is 24.7. The average molecular weight is 86.1 g/mol. The molecular weight excluding hydrogens is 76.1 g/mol. The molecule has 0 bridgehead atoms. The van der Waals surface area contributed by atoms with Crippen LogP contribution in [0.2, 0.25) is 0 Å². The summed E-state index contributed by atoms with van der Waals surface area (Å²) in [7, 11) is 0. The second-order valence-corrected chi connectivity index (χ2v) is 1.04. The summed E-state index contributed by atoms with van der Waals surface area (Å²) < 4.78 is 0. The van der Waals surface area contributed by atoms with Gasteiger partial charge < -0.3 is 0 Å². The van der Waals surface area contributed by atoms with Crippen molar-refractivity contribution in [3.63, 3.8) is 0 Å². The molecule has 0 atom stereocenters. The number of hydrogen-bond acceptors (Lipinski definition) is 2. The molecule has 2 heteroatoms. The zero-order valence-electron chi connectivity index (χ0n) is 3.85. The van der Waals surface area contributed by atoms with Gasteiger partial charge in [0, 0.05) is 13.1 Å². The highest BCUT2D eigenvalue weighted by molar-refractivity contribution is 4.48. The molecular formula is C4H10N2. The van der Waals surface area contributed by atoms with E-state index in [-0.39, 0.29) is 0 Å². The van der Waals surface area contributed by atoms with Crippen LogP contribution in [0.5, 0.6) is 0 Å². The summed E-state index contributed by atoms with van der Waals surface area (Å²) in [5.41, 5.74) is 0. The van der Waals surface area contributed by atoms with Gasteiger partial charge in [0.05, 0.1) is 0 Å². The van der Waals surface area contributed by atoms with Crippen molar-refractivity contribution in [3.8, 4) is 0 Å². The lowest BCUT2D eigenvalue weighted by Gasteiger charge is -2.06. The van der Waals surface area contributed by atoms with Crippen LogP contribution in [0.15, 0.2) is 0 Å². The van der Waals surface area contributed by atoms with Gasteiger partial charge in [-0.05, 0) is 13.8 Å². The van der Waals surface area contributed by atoms with Gasteiger partial charge in [0.15, 0.2) is 0 Å². The van der Waals surface area contributed by atoms with Gasteiger partial charge in [-0.2, -0.15) is 0 Å². The normalized spacial score (nSPS) is 10.0. The van der Waals surface area contributed by atoms with Gasteiger partial charge in [0.2, 0.25) is 0 Å². The molecule has 6 heavy (non-hydrogen) atoms. The fraction of sp³-hybridized carbons (Fsp3) is 0.500. The van der Waals surface area contributed by atoms with E-state index in [1.54, 1.807) is 0 Å². The van der Waals surface area contributed by atoms with Crippen molar-refractivity contribution in [2.45, 2.75) is 0 Å². The smallest absolute Gasteiger partial charge is 0.0129 e. The lowest BCUT2D eigenvalue weighted by molar-refractivity contribution is 0.347. The Kier molecular flexibility index (Phi) is 3.08. The van der Waals surface area contributed by atoms with Gasteiger partial charge in [-0.25, -0.2) is 5.01 Å². The maximum Gasteiger partial charge on any atom is 0.0129 e. The minimum atomic E-state index is 0.628. The van der Waals surface area contributed by atoms with Crippen LogP contribution in [0.3, 0.4) is 0 Å². The molecule has 2 nitrogen and oxygen atoms in total. The van der Waals surface area contributed by atoms with Crippen molar-refractivity contribution in [2.24, 2.45) is 5.84 Å². The van der Waals surface area contributed by atoms with E-state index in [1.165, 1.54) is 5.01 Å². The molecule has 2 radical (unpaired) electrons. The van der Waals surface area contributed by atoms with Crippen LogP contribution in [-0.4, -0.2) is 18.1 Å². The molecule has 0 rings (SSSR count). The standard InChI is InChI=1S/C4H10N2/c1-3-6(5)4-2/h1-5H2. The monoisotopic (exact) mass is 86.1 g/mol. The molecule has 2 N–H and O–H groups in total. The molecule has 0 aromatic carbocycles. The number of hydrogen-bond donors (Lipinski definition) is 1. The Morgan fingerprint density at radius 3 is 1.67 bits per heavy atom. The SMILES string of the molecule is [CH2]CN(N)C[CH2]. The Hall–Kier alpha value is -0.0800. The summed E-state index contributed by atoms with van der Waals surface area (Å²) in [5.74, 6) is 5.18. The first-order valence-electron chi connectivity index (χ1n) is 1.89. The first kappa shape index (κ1) is 5.92. The third-order valence-corrected chi connectivity index (χ3v) is 0.574. The second kappa shape index (κ2) is 3.12. The third kappa shape index (κ3) is 2.18. The zero-order valence-corrected chi connectivity index (χ0v) is 3.85. The Labute approximate surface area is 38.9 Å². The molecule has 0 spiro atoms. The van der Waals surface area contributed by atoms with E-state index in [9.17, 15) is 0 Å². The van der Waals surface area contributed by atoms with E-state index < -0.39 is 0 Å². The van der Waals surface area contributed by atoms with Gasteiger partial charge in [-0.3, -0.25) is 5.84 Å². The maximum atomic E-state index is 5.18. The molecule has 0 aliphatic rings. The fourth-order valence-corrected chi connectivity index (χ4v) is 0.112. The summed E-state index contributed by atoms with van der Waals surface area (Å²) in [6.45, 7) is 8.29. The number of nitrogens with zero attached hydrogens (tertiary/aromatic N) is 1. The van der Waals surface area contributed by atoms with Crippen molar-refractivity contribution in [2.75, 3.05) is 13.1 Å². The largest absolute Gasteiger partial charge is 0.269 e.